The molecule has 0 heterocycles. The second kappa shape index (κ2) is 64.3. The third kappa shape index (κ3) is 64.1. The molecule has 0 bridgehead atoms. The second-order valence-electron chi connectivity index (χ2n) is 24.6. The van der Waals surface area contributed by atoms with Crippen molar-refractivity contribution in [1.82, 2.24) is 0 Å². The van der Waals surface area contributed by atoms with Crippen molar-refractivity contribution in [1.29, 1.82) is 0 Å². The van der Waals surface area contributed by atoms with Crippen molar-refractivity contribution in [2.24, 2.45) is 0 Å². The van der Waals surface area contributed by atoms with Crippen molar-refractivity contribution in [2.45, 2.75) is 361 Å². The van der Waals surface area contributed by atoms with E-state index in [0.29, 0.717) is 25.7 Å². The molecule has 17 nitrogen and oxygen atoms in total. The fourth-order valence-electron chi connectivity index (χ4n) is 10.2. The van der Waals surface area contributed by atoms with Gasteiger partial charge in [0.25, 0.3) is 0 Å². The van der Waals surface area contributed by atoms with Gasteiger partial charge >= 0.3 is 39.5 Å². The predicted molar refractivity (Wildman–Crippen MR) is 358 cm³/mol. The SMILES string of the molecule is CCCCCC/C=C\C=C/CCCCCCCC(=O)O[C@H](COC(=O)CCCCCCCCCCCCCC)COP(=O)(O)OC[C@@H](O)COP(=O)(O)OC[C@@H](COC(=O)CCCCCCCCCCCCC)OC(=O)CCCCCCCCCCCCC. The molecule has 0 aromatic carbocycles. The van der Waals surface area contributed by atoms with E-state index in [0.717, 1.165) is 103 Å². The number of carbonyl (C=O) groups is 4. The fraction of sp³-hybridized carbons (Fsp3) is 0.886. The van der Waals surface area contributed by atoms with Crippen LogP contribution in [0.5, 0.6) is 0 Å². The highest BCUT2D eigenvalue weighted by Gasteiger charge is 2.30. The summed E-state index contributed by atoms with van der Waals surface area (Å²) in [6.07, 6.45) is 54.7. The molecule has 0 aliphatic carbocycles. The van der Waals surface area contributed by atoms with Gasteiger partial charge in [0.05, 0.1) is 26.4 Å². The first kappa shape index (κ1) is 86.5. The Bertz CT molecular complexity index is 1800. The van der Waals surface area contributed by atoms with Gasteiger partial charge in [-0.25, -0.2) is 9.13 Å². The summed E-state index contributed by atoms with van der Waals surface area (Å²) < 4.78 is 68.2. The van der Waals surface area contributed by atoms with E-state index in [1.165, 1.54) is 161 Å². The summed E-state index contributed by atoms with van der Waals surface area (Å²) in [5, 5.41) is 10.6. The minimum atomic E-state index is -4.96. The van der Waals surface area contributed by atoms with Crippen LogP contribution >= 0.6 is 15.6 Å². The second-order valence-corrected chi connectivity index (χ2v) is 27.5. The van der Waals surface area contributed by atoms with E-state index in [-0.39, 0.29) is 25.7 Å². The van der Waals surface area contributed by atoms with Gasteiger partial charge in [-0.3, -0.25) is 37.3 Å². The van der Waals surface area contributed by atoms with Crippen LogP contribution in [-0.2, 0) is 65.4 Å². The lowest BCUT2D eigenvalue weighted by Gasteiger charge is -2.21. The monoisotopic (exact) mass is 1310 g/mol. The molecule has 0 aliphatic rings. The Morgan fingerprint density at radius 2 is 0.539 bits per heavy atom. The molecule has 5 atom stereocenters. The molecule has 0 aromatic heterocycles. The van der Waals surface area contributed by atoms with E-state index < -0.39 is 97.5 Å². The summed E-state index contributed by atoms with van der Waals surface area (Å²) in [5.74, 6) is -2.15. The number of unbranched alkanes of at least 4 members (excludes halogenated alkanes) is 40. The molecule has 0 fully saturated rings. The predicted octanol–water partition coefficient (Wildman–Crippen LogP) is 19.8. The first-order valence-electron chi connectivity index (χ1n) is 36.1. The number of phosphoric acid groups is 2. The highest BCUT2D eigenvalue weighted by Crippen LogP contribution is 2.45. The number of allylic oxidation sites excluding steroid dienone is 4. The fourth-order valence-corrected chi connectivity index (χ4v) is 11.7. The molecular formula is C70H132O17P2. The molecule has 19 heteroatoms. The quantitative estimate of drug-likeness (QED) is 0.0169. The van der Waals surface area contributed by atoms with Crippen molar-refractivity contribution in [3.05, 3.63) is 24.3 Å². The van der Waals surface area contributed by atoms with Crippen LogP contribution in [0.3, 0.4) is 0 Å². The summed E-state index contributed by atoms with van der Waals surface area (Å²) >= 11 is 0. The minimum absolute atomic E-state index is 0.0857. The molecule has 0 rings (SSSR count). The molecule has 0 spiro atoms. The average Bonchev–Trinajstić information content (AvgIpc) is 3.73. The van der Waals surface area contributed by atoms with Gasteiger partial charge in [-0.05, 0) is 51.4 Å². The van der Waals surface area contributed by atoms with Gasteiger partial charge in [-0.2, -0.15) is 0 Å². The van der Waals surface area contributed by atoms with Gasteiger partial charge in [0.1, 0.15) is 19.3 Å². The zero-order valence-corrected chi connectivity index (χ0v) is 58.7. The standard InChI is InChI=1S/C70H132O17P2/c1-5-9-13-17-21-25-29-31-32-33-37-41-45-49-53-57-70(75)87-66(61-81-68(73)55-51-47-43-39-36-30-26-22-18-14-10-6-2)63-85-89(78,79)83-59-64(71)58-82-88(76,77)84-62-65(86-69(74)56-52-48-44-40-35-28-24-20-16-12-8-4)60-80-67(72)54-50-46-42-38-34-27-23-19-15-11-7-3/h25,29,31-32,64-66,71H,5-24,26-28,30,33-63H2,1-4H3,(H,76,77)(H,78,79)/b29-25-,32-31-/t64-,65+,66+/m0/s1. The third-order valence-corrected chi connectivity index (χ3v) is 17.6. The summed E-state index contributed by atoms with van der Waals surface area (Å²) in [7, 11) is -9.91. The van der Waals surface area contributed by atoms with Crippen molar-refractivity contribution in [3.8, 4) is 0 Å². The summed E-state index contributed by atoms with van der Waals surface area (Å²) in [6, 6.07) is 0. The van der Waals surface area contributed by atoms with E-state index >= 15 is 0 Å². The zero-order valence-electron chi connectivity index (χ0n) is 56.9. The topological polar surface area (TPSA) is 237 Å². The number of rotatable bonds is 69. The molecule has 0 aromatic rings. The zero-order chi connectivity index (χ0) is 65.4. The number of phosphoric ester groups is 2. The maximum absolute atomic E-state index is 13.0. The number of hydrogen-bond donors (Lipinski definition) is 3. The lowest BCUT2D eigenvalue weighted by Crippen LogP contribution is -2.30. The van der Waals surface area contributed by atoms with E-state index in [1.807, 2.05) is 0 Å². The van der Waals surface area contributed by atoms with Gasteiger partial charge in [-0.15, -0.1) is 0 Å². The van der Waals surface area contributed by atoms with Gasteiger partial charge < -0.3 is 33.8 Å². The van der Waals surface area contributed by atoms with Crippen LogP contribution in [0.25, 0.3) is 0 Å². The maximum Gasteiger partial charge on any atom is 0.472 e. The van der Waals surface area contributed by atoms with Gasteiger partial charge in [0.15, 0.2) is 12.2 Å². The molecule has 0 saturated heterocycles. The van der Waals surface area contributed by atoms with Gasteiger partial charge in [-0.1, -0.05) is 290 Å². The Labute approximate surface area is 542 Å². The Hall–Kier alpha value is -2.46. The van der Waals surface area contributed by atoms with E-state index in [2.05, 4.69) is 52.0 Å². The first-order chi connectivity index (χ1) is 43.2. The van der Waals surface area contributed by atoms with Crippen molar-refractivity contribution in [2.75, 3.05) is 39.6 Å². The highest BCUT2D eigenvalue weighted by molar-refractivity contribution is 7.47. The molecule has 0 radical (unpaired) electrons. The van der Waals surface area contributed by atoms with Crippen molar-refractivity contribution < 1.29 is 80.2 Å². The van der Waals surface area contributed by atoms with Crippen molar-refractivity contribution >= 4 is 39.5 Å². The Morgan fingerprint density at radius 3 is 0.820 bits per heavy atom. The van der Waals surface area contributed by atoms with E-state index in [4.69, 9.17) is 37.0 Å². The number of aliphatic hydroxyl groups is 1. The molecule has 0 saturated carbocycles. The van der Waals surface area contributed by atoms with E-state index in [9.17, 15) is 43.2 Å². The molecule has 0 amide bonds. The Kier molecular flexibility index (Phi) is 62.5. The molecule has 3 N–H and O–H groups in total. The largest absolute Gasteiger partial charge is 0.472 e. The van der Waals surface area contributed by atoms with Crippen LogP contribution in [0, 0.1) is 0 Å². The summed E-state index contributed by atoms with van der Waals surface area (Å²) in [6.45, 7) is 4.87. The number of hydrogen-bond acceptors (Lipinski definition) is 15. The maximum atomic E-state index is 13.0. The normalized spacial score (nSPS) is 14.2. The van der Waals surface area contributed by atoms with E-state index in [1.54, 1.807) is 0 Å². The number of aliphatic hydroxyl groups excluding tert-OH is 1. The smallest absolute Gasteiger partial charge is 0.462 e. The highest BCUT2D eigenvalue weighted by atomic mass is 31.2. The first-order valence-corrected chi connectivity index (χ1v) is 39.1. The summed E-state index contributed by atoms with van der Waals surface area (Å²) in [5.41, 5.74) is 0. The van der Waals surface area contributed by atoms with Crippen molar-refractivity contribution in [3.63, 3.8) is 0 Å². The molecule has 524 valence electrons. The van der Waals surface area contributed by atoms with Crippen LogP contribution < -0.4 is 0 Å². The number of esters is 4. The lowest BCUT2D eigenvalue weighted by atomic mass is 10.0. The van der Waals surface area contributed by atoms with Crippen LogP contribution in [0.4, 0.5) is 0 Å². The number of carbonyl (C=O) groups excluding carboxylic acids is 4. The Balaban J connectivity index is 5.28. The average molecular weight is 1310 g/mol. The van der Waals surface area contributed by atoms with Gasteiger partial charge in [0, 0.05) is 25.7 Å². The molecule has 2 unspecified atom stereocenters. The summed E-state index contributed by atoms with van der Waals surface area (Å²) in [4.78, 5) is 72.5. The van der Waals surface area contributed by atoms with Crippen LogP contribution in [0.2, 0.25) is 0 Å². The van der Waals surface area contributed by atoms with Gasteiger partial charge in [0.2, 0.25) is 0 Å². The third-order valence-electron chi connectivity index (χ3n) is 15.7. The molecule has 89 heavy (non-hydrogen) atoms. The minimum Gasteiger partial charge on any atom is -0.462 e. The molecular weight excluding hydrogens is 1170 g/mol. The molecule has 0 aliphatic heterocycles. The van der Waals surface area contributed by atoms with Crippen LogP contribution in [0.15, 0.2) is 24.3 Å². The Morgan fingerprint density at radius 1 is 0.315 bits per heavy atom. The van der Waals surface area contributed by atoms with Crippen LogP contribution in [-0.4, -0.2) is 96.7 Å². The van der Waals surface area contributed by atoms with Crippen LogP contribution in [0.1, 0.15) is 342 Å². The lowest BCUT2D eigenvalue weighted by molar-refractivity contribution is -0.161. The number of ether oxygens (including phenoxy) is 4.